The average molecular weight is 384 g/mol. The van der Waals surface area contributed by atoms with Crippen molar-refractivity contribution >= 4 is 9.47 Å². The van der Waals surface area contributed by atoms with Crippen LogP contribution in [-0.4, -0.2) is 0 Å². The normalized spacial score (nSPS) is 15.2. The van der Waals surface area contributed by atoms with Crippen LogP contribution in [0.3, 0.4) is 0 Å². The number of nitrogens with zero attached hydrogens (tertiary/aromatic N) is 2. The topological polar surface area (TPSA) is 26.2 Å². The summed E-state index contributed by atoms with van der Waals surface area (Å²) in [4.78, 5) is 0. The van der Waals surface area contributed by atoms with E-state index in [1.54, 1.807) is 0 Å². The summed E-state index contributed by atoms with van der Waals surface area (Å²) >= 11 is 0. The van der Waals surface area contributed by atoms with Gasteiger partial charge < -0.3 is 9.26 Å². The Bertz CT molecular complexity index is 1260. The molecule has 0 saturated carbocycles. The second-order valence-electron chi connectivity index (χ2n) is 6.89. The van der Waals surface area contributed by atoms with Crippen LogP contribution < -0.4 is 18.4 Å². The van der Waals surface area contributed by atoms with Crippen molar-refractivity contribution in [3.05, 3.63) is 84.9 Å². The lowest BCUT2D eigenvalue weighted by molar-refractivity contribution is -0.937. The van der Waals surface area contributed by atoms with Gasteiger partial charge in [0.05, 0.1) is 20.6 Å². The minimum absolute atomic E-state index is 0.273. The van der Waals surface area contributed by atoms with Crippen LogP contribution in [0.15, 0.2) is 84.9 Å². The van der Waals surface area contributed by atoms with Crippen LogP contribution in [0.4, 0.5) is 0 Å². The maximum absolute atomic E-state index is 6.50. The van der Waals surface area contributed by atoms with Crippen LogP contribution in [0.5, 0.6) is 11.5 Å². The summed E-state index contributed by atoms with van der Waals surface area (Å²) in [5, 5.41) is 0. The second kappa shape index (κ2) is 5.88. The number of hydrogen-bond acceptors (Lipinski definition) is 2. The Morgan fingerprint density at radius 1 is 0.643 bits per heavy atom. The molecule has 4 aromatic rings. The molecule has 1 unspecified atom stereocenters. The molecule has 6 rings (SSSR count). The maximum Gasteiger partial charge on any atom is 0.518 e. The predicted octanol–water partition coefficient (Wildman–Crippen LogP) is 4.14. The summed E-state index contributed by atoms with van der Waals surface area (Å²) in [5.41, 5.74) is 6.61. The Kier molecular flexibility index (Phi) is 3.32. The van der Waals surface area contributed by atoms with Gasteiger partial charge in [-0.25, -0.2) is 0 Å². The fraction of sp³-hybridized carbons (Fsp3) is 0.0435. The molecule has 0 amide bonds. The first-order valence-electron chi connectivity index (χ1n) is 9.18. The monoisotopic (exact) mass is 384 g/mol. The number of fused-ring (bicyclic) bond motifs is 5. The van der Waals surface area contributed by atoms with E-state index in [2.05, 4.69) is 73.2 Å². The highest BCUT2D eigenvalue weighted by atomic mass is 31.0. The quantitative estimate of drug-likeness (QED) is 0.384. The van der Waals surface area contributed by atoms with Gasteiger partial charge in [-0.15, -0.1) is 0 Å². The molecule has 2 aliphatic rings. The number of hydrogen-bond donors (Lipinski definition) is 0. The van der Waals surface area contributed by atoms with Gasteiger partial charge in [0.1, 0.15) is 11.5 Å². The van der Waals surface area contributed by atoms with Crippen LogP contribution in [0.25, 0.3) is 33.9 Å². The number of aromatic nitrogens is 2. The van der Waals surface area contributed by atoms with E-state index >= 15 is 0 Å². The van der Waals surface area contributed by atoms with Crippen molar-refractivity contribution in [3.63, 3.8) is 0 Å². The van der Waals surface area contributed by atoms with E-state index < -0.39 is 0 Å². The number of pyridine rings is 2. The van der Waals surface area contributed by atoms with Crippen LogP contribution in [0.2, 0.25) is 0 Å². The fourth-order valence-electron chi connectivity index (χ4n) is 4.27. The Hall–Kier alpha value is -3.23. The third-order valence-corrected chi connectivity index (χ3v) is 5.70. The highest BCUT2D eigenvalue weighted by molar-refractivity contribution is 7.10. The van der Waals surface area contributed by atoms with Gasteiger partial charge in [-0.1, -0.05) is 33.4 Å². The molecule has 0 N–H and O–H groups in total. The molecule has 0 bridgehead atoms. The van der Waals surface area contributed by atoms with E-state index in [0.717, 1.165) is 45.4 Å². The number of benzene rings is 2. The van der Waals surface area contributed by atoms with Crippen molar-refractivity contribution in [1.29, 1.82) is 0 Å². The first-order chi connectivity index (χ1) is 13.9. The van der Waals surface area contributed by atoms with E-state index in [9.17, 15) is 0 Å². The Labute approximate surface area is 164 Å². The molecule has 0 radical (unpaired) electrons. The zero-order valence-corrected chi connectivity index (χ0v) is 16.1. The van der Waals surface area contributed by atoms with Crippen LogP contribution >= 0.6 is 9.47 Å². The van der Waals surface area contributed by atoms with E-state index in [0.29, 0.717) is 0 Å². The molecular weight excluding hydrogens is 367 g/mol. The van der Waals surface area contributed by atoms with Gasteiger partial charge in [0.2, 0.25) is 11.4 Å². The summed E-state index contributed by atoms with van der Waals surface area (Å²) in [6.07, 6.45) is -0.273. The minimum atomic E-state index is -0.273. The van der Waals surface area contributed by atoms with Gasteiger partial charge in [0.15, 0.2) is 0 Å². The molecule has 0 fully saturated rings. The Morgan fingerprint density at radius 3 is 1.93 bits per heavy atom. The SMILES string of the molecule is POc1ccccc1-c1cccc2[n+]1[C@H]1Oc3ccccc3-c3cccc-2[n+]31. The summed E-state index contributed by atoms with van der Waals surface area (Å²) in [5.74, 6) is 1.71. The lowest BCUT2D eigenvalue weighted by Gasteiger charge is -2.17. The molecule has 4 nitrogen and oxygen atoms in total. The first kappa shape index (κ1) is 15.8. The zero-order chi connectivity index (χ0) is 18.7. The maximum atomic E-state index is 6.50. The molecule has 28 heavy (non-hydrogen) atoms. The second-order valence-corrected chi connectivity index (χ2v) is 7.12. The summed E-state index contributed by atoms with van der Waals surface area (Å²) in [6.45, 7) is 0. The van der Waals surface area contributed by atoms with Crippen molar-refractivity contribution in [1.82, 2.24) is 0 Å². The van der Waals surface area contributed by atoms with E-state index in [1.807, 2.05) is 30.3 Å². The zero-order valence-electron chi connectivity index (χ0n) is 14.9. The number of rotatable bonds is 2. The van der Waals surface area contributed by atoms with Crippen molar-refractivity contribution in [2.24, 2.45) is 0 Å². The van der Waals surface area contributed by atoms with Crippen molar-refractivity contribution < 1.29 is 18.4 Å². The molecule has 2 aliphatic heterocycles. The molecule has 0 aliphatic carbocycles. The lowest BCUT2D eigenvalue weighted by atomic mass is 10.1. The van der Waals surface area contributed by atoms with Gasteiger partial charge in [0, 0.05) is 24.3 Å². The van der Waals surface area contributed by atoms with Gasteiger partial charge in [-0.05, 0) is 36.4 Å². The number of para-hydroxylation sites is 2. The van der Waals surface area contributed by atoms with Crippen molar-refractivity contribution in [2.45, 2.75) is 6.35 Å². The Balaban J connectivity index is 1.66. The largest absolute Gasteiger partial charge is 0.518 e. The van der Waals surface area contributed by atoms with Crippen LogP contribution in [-0.2, 0) is 0 Å². The standard InChI is InChI=1S/C23H17N2O2P/c28-27-22-14-4-2-8-16(22)18-10-6-12-20-19-11-5-9-17-15-7-1-3-13-21(15)26-23(24(17)19)25(18)20/h1-14,23H,28H2/q+2/t23-/m0/s1. The van der Waals surface area contributed by atoms with Gasteiger partial charge >= 0.3 is 6.35 Å². The molecule has 4 heterocycles. The number of ether oxygens (including phenoxy) is 1. The molecule has 0 spiro atoms. The van der Waals surface area contributed by atoms with E-state index in [-0.39, 0.29) is 6.35 Å². The van der Waals surface area contributed by atoms with Crippen LogP contribution in [0, 0.1) is 0 Å². The molecule has 2 atom stereocenters. The fourth-order valence-corrected chi connectivity index (χ4v) is 4.48. The average Bonchev–Trinajstić information content (AvgIpc) is 3.09. The van der Waals surface area contributed by atoms with E-state index in [4.69, 9.17) is 9.26 Å². The third-order valence-electron chi connectivity index (χ3n) is 5.44. The minimum Gasteiger partial charge on any atom is -0.479 e. The molecule has 0 saturated heterocycles. The highest BCUT2D eigenvalue weighted by Gasteiger charge is 2.52. The Morgan fingerprint density at radius 2 is 1.21 bits per heavy atom. The smallest absolute Gasteiger partial charge is 0.479 e. The van der Waals surface area contributed by atoms with Crippen LogP contribution in [0.1, 0.15) is 6.35 Å². The molecule has 134 valence electrons. The third kappa shape index (κ3) is 2.04. The molecule has 2 aromatic carbocycles. The summed E-state index contributed by atoms with van der Waals surface area (Å²) in [6, 6.07) is 29.0. The molecule has 2 aromatic heterocycles. The van der Waals surface area contributed by atoms with Crippen molar-refractivity contribution in [3.8, 4) is 45.4 Å². The predicted molar refractivity (Wildman–Crippen MR) is 109 cm³/mol. The van der Waals surface area contributed by atoms with Crippen molar-refractivity contribution in [2.75, 3.05) is 0 Å². The summed E-state index contributed by atoms with van der Waals surface area (Å²) in [7, 11) is 2.35. The lowest BCUT2D eigenvalue weighted by Crippen LogP contribution is -2.58. The molecule has 5 heteroatoms. The van der Waals surface area contributed by atoms with Gasteiger partial charge in [0.25, 0.3) is 11.4 Å². The van der Waals surface area contributed by atoms with Gasteiger partial charge in [-0.3, -0.25) is 0 Å². The highest BCUT2D eigenvalue weighted by Crippen LogP contribution is 2.39. The van der Waals surface area contributed by atoms with E-state index in [1.165, 1.54) is 0 Å². The van der Waals surface area contributed by atoms with Gasteiger partial charge in [-0.2, -0.15) is 0 Å². The first-order valence-corrected chi connectivity index (χ1v) is 9.65. The summed E-state index contributed by atoms with van der Waals surface area (Å²) < 4.78 is 16.6. The molecular formula is C23H17N2O2P+2.